The second-order valence-corrected chi connectivity index (χ2v) is 7.11. The number of hydrogen-bond acceptors (Lipinski definition) is 4. The van der Waals surface area contributed by atoms with Gasteiger partial charge in [-0.1, -0.05) is 30.1 Å². The zero-order valence-electron chi connectivity index (χ0n) is 15.3. The number of aromatic nitrogens is 1. The van der Waals surface area contributed by atoms with Crippen molar-refractivity contribution in [3.05, 3.63) is 41.1 Å². The number of amides is 1. The molecule has 2 aromatic rings. The Bertz CT molecular complexity index is 792. The van der Waals surface area contributed by atoms with Crippen LogP contribution in [0.3, 0.4) is 0 Å². The van der Waals surface area contributed by atoms with E-state index in [1.807, 2.05) is 19.0 Å². The Morgan fingerprint density at radius 1 is 1.22 bits per heavy atom. The van der Waals surface area contributed by atoms with Gasteiger partial charge in [-0.3, -0.25) is 4.79 Å². The molecular weight excluding hydrogens is 359 g/mol. The molecule has 1 aromatic heterocycles. The SMILES string of the molecule is CN(C)Cc1c(C(=O)NC2CCCC2)noc1-c1ccc(C(F)(F)F)cc1. The average Bonchev–Trinajstić information content (AvgIpc) is 3.23. The number of alkyl halides is 3. The van der Waals surface area contributed by atoms with Crippen LogP contribution in [0, 0.1) is 0 Å². The highest BCUT2D eigenvalue weighted by atomic mass is 19.4. The molecule has 1 aliphatic carbocycles. The van der Waals surface area contributed by atoms with Crippen LogP contribution in [0.25, 0.3) is 11.3 Å². The molecule has 0 saturated heterocycles. The Hall–Kier alpha value is -2.35. The number of carbonyl (C=O) groups excluding carboxylic acids is 1. The number of carbonyl (C=O) groups is 1. The van der Waals surface area contributed by atoms with Crippen LogP contribution in [0.15, 0.2) is 28.8 Å². The maximum atomic E-state index is 12.8. The van der Waals surface area contributed by atoms with Gasteiger partial charge >= 0.3 is 6.18 Å². The second-order valence-electron chi connectivity index (χ2n) is 7.11. The third-order valence-corrected chi connectivity index (χ3v) is 4.64. The maximum absolute atomic E-state index is 12.8. The first-order valence-corrected chi connectivity index (χ1v) is 8.87. The Balaban J connectivity index is 1.90. The second kappa shape index (κ2) is 7.72. The van der Waals surface area contributed by atoms with Crippen LogP contribution in [0.1, 0.15) is 47.3 Å². The van der Waals surface area contributed by atoms with E-state index in [1.165, 1.54) is 12.1 Å². The summed E-state index contributed by atoms with van der Waals surface area (Å²) in [6.45, 7) is 0.382. The molecule has 27 heavy (non-hydrogen) atoms. The molecule has 0 bridgehead atoms. The smallest absolute Gasteiger partial charge is 0.355 e. The minimum Gasteiger partial charge on any atom is -0.355 e. The Morgan fingerprint density at radius 3 is 2.41 bits per heavy atom. The largest absolute Gasteiger partial charge is 0.416 e. The van der Waals surface area contributed by atoms with Crippen LogP contribution in [-0.2, 0) is 12.7 Å². The fourth-order valence-corrected chi connectivity index (χ4v) is 3.31. The molecule has 1 fully saturated rings. The summed E-state index contributed by atoms with van der Waals surface area (Å²) in [5, 5.41) is 6.90. The molecule has 1 amide bonds. The van der Waals surface area contributed by atoms with E-state index >= 15 is 0 Å². The lowest BCUT2D eigenvalue weighted by Gasteiger charge is -2.13. The molecule has 0 atom stereocenters. The van der Waals surface area contributed by atoms with Crippen LogP contribution in [0.4, 0.5) is 13.2 Å². The molecule has 1 aromatic carbocycles. The first kappa shape index (κ1) is 19.4. The predicted octanol–water partition coefficient (Wildman–Crippen LogP) is 4.09. The average molecular weight is 381 g/mol. The van der Waals surface area contributed by atoms with Crippen molar-refractivity contribution in [1.82, 2.24) is 15.4 Å². The highest BCUT2D eigenvalue weighted by molar-refractivity contribution is 5.95. The number of rotatable bonds is 5. The van der Waals surface area contributed by atoms with Gasteiger partial charge in [0, 0.05) is 23.7 Å². The fraction of sp³-hybridized carbons (Fsp3) is 0.474. The van der Waals surface area contributed by atoms with E-state index < -0.39 is 11.7 Å². The number of nitrogens with one attached hydrogen (secondary N) is 1. The van der Waals surface area contributed by atoms with Gasteiger partial charge in [0.05, 0.1) is 5.56 Å². The zero-order valence-corrected chi connectivity index (χ0v) is 15.3. The zero-order chi connectivity index (χ0) is 19.6. The van der Waals surface area contributed by atoms with Crippen molar-refractivity contribution in [2.24, 2.45) is 0 Å². The van der Waals surface area contributed by atoms with Gasteiger partial charge < -0.3 is 14.7 Å². The molecule has 0 radical (unpaired) electrons. The summed E-state index contributed by atoms with van der Waals surface area (Å²) in [6.07, 6.45) is -0.342. The molecular formula is C19H22F3N3O2. The lowest BCUT2D eigenvalue weighted by molar-refractivity contribution is -0.137. The molecule has 3 rings (SSSR count). The van der Waals surface area contributed by atoms with E-state index in [9.17, 15) is 18.0 Å². The third kappa shape index (κ3) is 4.50. The van der Waals surface area contributed by atoms with Gasteiger partial charge in [0.1, 0.15) is 0 Å². The van der Waals surface area contributed by atoms with Crippen molar-refractivity contribution in [2.75, 3.05) is 14.1 Å². The number of hydrogen-bond donors (Lipinski definition) is 1. The topological polar surface area (TPSA) is 58.4 Å². The molecule has 8 heteroatoms. The van der Waals surface area contributed by atoms with Crippen molar-refractivity contribution >= 4 is 5.91 Å². The summed E-state index contributed by atoms with van der Waals surface area (Å²) in [5.41, 5.74) is 0.465. The van der Waals surface area contributed by atoms with Crippen LogP contribution in [0.5, 0.6) is 0 Å². The molecule has 0 spiro atoms. The molecule has 0 unspecified atom stereocenters. The van der Waals surface area contributed by atoms with E-state index in [0.717, 1.165) is 37.8 Å². The van der Waals surface area contributed by atoms with Crippen LogP contribution >= 0.6 is 0 Å². The van der Waals surface area contributed by atoms with Gasteiger partial charge in [-0.2, -0.15) is 13.2 Å². The van der Waals surface area contributed by atoms with Gasteiger partial charge in [-0.15, -0.1) is 0 Å². The Labute approximate surface area is 155 Å². The summed E-state index contributed by atoms with van der Waals surface area (Å²) >= 11 is 0. The Kier molecular flexibility index (Phi) is 5.55. The summed E-state index contributed by atoms with van der Waals surface area (Å²) in [7, 11) is 3.67. The number of halogens is 3. The van der Waals surface area contributed by atoms with Crippen molar-refractivity contribution in [2.45, 2.75) is 44.4 Å². The van der Waals surface area contributed by atoms with E-state index in [4.69, 9.17) is 4.52 Å². The monoisotopic (exact) mass is 381 g/mol. The number of nitrogens with zero attached hydrogens (tertiary/aromatic N) is 2. The summed E-state index contributed by atoms with van der Waals surface area (Å²) in [6, 6.07) is 4.80. The van der Waals surface area contributed by atoms with Gasteiger partial charge in [-0.05, 0) is 39.1 Å². The predicted molar refractivity (Wildman–Crippen MR) is 94.1 cm³/mol. The van der Waals surface area contributed by atoms with Gasteiger partial charge in [0.15, 0.2) is 11.5 Å². The molecule has 5 nitrogen and oxygen atoms in total. The molecule has 146 valence electrons. The van der Waals surface area contributed by atoms with Crippen molar-refractivity contribution < 1.29 is 22.5 Å². The van der Waals surface area contributed by atoms with Crippen LogP contribution < -0.4 is 5.32 Å². The number of benzene rings is 1. The summed E-state index contributed by atoms with van der Waals surface area (Å²) in [5.74, 6) is 0.00894. The first-order chi connectivity index (χ1) is 12.8. The lowest BCUT2D eigenvalue weighted by atomic mass is 10.0. The van der Waals surface area contributed by atoms with E-state index in [1.54, 1.807) is 0 Å². The normalized spacial score (nSPS) is 15.5. The van der Waals surface area contributed by atoms with Crippen LogP contribution in [-0.4, -0.2) is 36.1 Å². The van der Waals surface area contributed by atoms with Crippen molar-refractivity contribution in [3.8, 4) is 11.3 Å². The molecule has 1 N–H and O–H groups in total. The first-order valence-electron chi connectivity index (χ1n) is 8.87. The van der Waals surface area contributed by atoms with Gasteiger partial charge in [0.25, 0.3) is 5.91 Å². The summed E-state index contributed by atoms with van der Waals surface area (Å²) in [4.78, 5) is 14.5. The minimum atomic E-state index is -4.40. The molecule has 1 aliphatic rings. The quantitative estimate of drug-likeness (QED) is 0.847. The van der Waals surface area contributed by atoms with Gasteiger partial charge in [-0.25, -0.2) is 0 Å². The standard InChI is InChI=1S/C19H22F3N3O2/c1-25(2)11-15-16(18(26)23-14-5-3-4-6-14)24-27-17(15)12-7-9-13(10-8-12)19(20,21)22/h7-10,14H,3-6,11H2,1-2H3,(H,23,26). The lowest BCUT2D eigenvalue weighted by Crippen LogP contribution is -2.33. The molecule has 0 aliphatic heterocycles. The minimum absolute atomic E-state index is 0.135. The Morgan fingerprint density at radius 2 is 1.85 bits per heavy atom. The maximum Gasteiger partial charge on any atom is 0.416 e. The van der Waals surface area contributed by atoms with Crippen LogP contribution in [0.2, 0.25) is 0 Å². The molecule has 1 saturated carbocycles. The van der Waals surface area contributed by atoms with E-state index in [0.29, 0.717) is 23.4 Å². The summed E-state index contributed by atoms with van der Waals surface area (Å²) < 4.78 is 43.7. The van der Waals surface area contributed by atoms with Gasteiger partial charge in [0.2, 0.25) is 0 Å². The van der Waals surface area contributed by atoms with Crippen molar-refractivity contribution in [1.29, 1.82) is 0 Å². The van der Waals surface area contributed by atoms with Crippen molar-refractivity contribution in [3.63, 3.8) is 0 Å². The third-order valence-electron chi connectivity index (χ3n) is 4.64. The highest BCUT2D eigenvalue weighted by Gasteiger charge is 2.31. The van der Waals surface area contributed by atoms with E-state index in [-0.39, 0.29) is 17.6 Å². The fourth-order valence-electron chi connectivity index (χ4n) is 3.31. The molecule has 1 heterocycles. The highest BCUT2D eigenvalue weighted by Crippen LogP contribution is 2.33. The van der Waals surface area contributed by atoms with E-state index in [2.05, 4.69) is 10.5 Å².